The fourth-order valence-electron chi connectivity index (χ4n) is 6.67. The molecule has 0 saturated heterocycles. The Morgan fingerprint density at radius 1 is 1.07 bits per heavy atom. The molecule has 2 N–H and O–H groups in total. The molecule has 0 fully saturated rings. The number of pyridine rings is 2. The van der Waals surface area contributed by atoms with Gasteiger partial charge in [-0.05, 0) is 65.7 Å². The zero-order valence-electron chi connectivity index (χ0n) is 27.0. The van der Waals surface area contributed by atoms with E-state index in [0.29, 0.717) is 42.8 Å². The molecular weight excluding hydrogens is 572 g/mol. The minimum absolute atomic E-state index is 0.0111. The SMILES string of the molecule is CC[C@@]1(O)C(=O)CCc2c1cc1n(c2=O)Cc2c-1nc1ccc(OCCCCCCC(=O)CO)cc1c2[Si](C)(C)C(C)(C)C. The molecular formula is C35H46N2O6Si. The van der Waals surface area contributed by atoms with Crippen LogP contribution in [0.5, 0.6) is 5.75 Å². The number of nitrogens with zero attached hydrogens (tertiary/aromatic N) is 2. The first-order valence-corrected chi connectivity index (χ1v) is 19.0. The van der Waals surface area contributed by atoms with Crippen LogP contribution in [0.1, 0.15) is 89.3 Å². The Balaban J connectivity index is 1.55. The summed E-state index contributed by atoms with van der Waals surface area (Å²) in [6, 6.07) is 7.89. The highest BCUT2D eigenvalue weighted by atomic mass is 28.3. The van der Waals surface area contributed by atoms with Crippen LogP contribution in [-0.2, 0) is 28.2 Å². The monoisotopic (exact) mass is 618 g/mol. The average Bonchev–Trinajstić information content (AvgIpc) is 3.34. The number of benzene rings is 1. The molecule has 5 rings (SSSR count). The maximum Gasteiger partial charge on any atom is 0.254 e. The summed E-state index contributed by atoms with van der Waals surface area (Å²) in [5.41, 5.74) is 2.54. The smallest absolute Gasteiger partial charge is 0.254 e. The Labute approximate surface area is 260 Å². The lowest BCUT2D eigenvalue weighted by atomic mass is 9.77. The molecule has 3 aromatic rings. The molecule has 9 heteroatoms. The number of rotatable bonds is 11. The van der Waals surface area contributed by atoms with Crippen molar-refractivity contribution in [2.24, 2.45) is 0 Å². The number of hydrogen-bond donors (Lipinski definition) is 2. The Morgan fingerprint density at radius 3 is 2.48 bits per heavy atom. The maximum absolute atomic E-state index is 13.9. The summed E-state index contributed by atoms with van der Waals surface area (Å²) in [7, 11) is -2.18. The Kier molecular flexibility index (Phi) is 8.79. The fraction of sp³-hybridized carbons (Fsp3) is 0.543. The van der Waals surface area contributed by atoms with Gasteiger partial charge in [0, 0.05) is 29.4 Å². The minimum Gasteiger partial charge on any atom is -0.494 e. The highest BCUT2D eigenvalue weighted by Gasteiger charge is 2.45. The van der Waals surface area contributed by atoms with Crippen LogP contribution in [0, 0.1) is 0 Å². The van der Waals surface area contributed by atoms with E-state index in [9.17, 15) is 19.5 Å². The third-order valence-electron chi connectivity index (χ3n) is 10.3. The molecule has 0 unspecified atom stereocenters. The highest BCUT2D eigenvalue weighted by molar-refractivity contribution is 6.94. The number of unbranched alkanes of at least 4 members (excludes halogenated alkanes) is 3. The van der Waals surface area contributed by atoms with Gasteiger partial charge in [-0.15, -0.1) is 0 Å². The van der Waals surface area contributed by atoms with Gasteiger partial charge in [0.2, 0.25) is 0 Å². The van der Waals surface area contributed by atoms with E-state index in [-0.39, 0.29) is 41.6 Å². The molecule has 236 valence electrons. The third kappa shape index (κ3) is 5.47. The Morgan fingerprint density at radius 2 is 1.80 bits per heavy atom. The van der Waals surface area contributed by atoms with Gasteiger partial charge in [0.15, 0.2) is 11.6 Å². The van der Waals surface area contributed by atoms with Crippen molar-refractivity contribution >= 4 is 35.7 Å². The van der Waals surface area contributed by atoms with Gasteiger partial charge in [-0.1, -0.05) is 53.6 Å². The Bertz CT molecular complexity index is 1690. The number of carbonyl (C=O) groups excluding carboxylic acids is 2. The lowest BCUT2D eigenvalue weighted by molar-refractivity contribution is -0.140. The summed E-state index contributed by atoms with van der Waals surface area (Å²) in [5.74, 6) is 0.442. The maximum atomic E-state index is 13.9. The summed E-state index contributed by atoms with van der Waals surface area (Å²) >= 11 is 0. The van der Waals surface area contributed by atoms with Gasteiger partial charge in [-0.3, -0.25) is 14.4 Å². The van der Waals surface area contributed by atoms with Crippen LogP contribution >= 0.6 is 0 Å². The van der Waals surface area contributed by atoms with Crippen LogP contribution in [0.2, 0.25) is 18.1 Å². The van der Waals surface area contributed by atoms with Gasteiger partial charge < -0.3 is 19.5 Å². The van der Waals surface area contributed by atoms with Crippen molar-refractivity contribution in [3.63, 3.8) is 0 Å². The molecule has 8 nitrogen and oxygen atoms in total. The van der Waals surface area contributed by atoms with Crippen molar-refractivity contribution < 1.29 is 24.5 Å². The van der Waals surface area contributed by atoms with Crippen molar-refractivity contribution in [2.75, 3.05) is 13.2 Å². The van der Waals surface area contributed by atoms with Crippen molar-refractivity contribution in [1.29, 1.82) is 0 Å². The number of fused-ring (bicyclic) bond motifs is 5. The van der Waals surface area contributed by atoms with Crippen LogP contribution in [0.25, 0.3) is 22.3 Å². The number of aliphatic hydroxyl groups is 2. The van der Waals surface area contributed by atoms with Gasteiger partial charge in [-0.2, -0.15) is 0 Å². The zero-order chi connectivity index (χ0) is 32.0. The molecule has 2 aromatic heterocycles. The normalized spacial score (nSPS) is 17.9. The van der Waals surface area contributed by atoms with Crippen molar-refractivity contribution in [1.82, 2.24) is 9.55 Å². The second-order valence-corrected chi connectivity index (χ2v) is 19.3. The summed E-state index contributed by atoms with van der Waals surface area (Å²) < 4.78 is 7.99. The quantitative estimate of drug-likeness (QED) is 0.176. The van der Waals surface area contributed by atoms with Gasteiger partial charge in [0.25, 0.3) is 5.56 Å². The summed E-state index contributed by atoms with van der Waals surface area (Å²) in [6.45, 7) is 14.0. The van der Waals surface area contributed by atoms with E-state index in [1.165, 1.54) is 5.19 Å². The van der Waals surface area contributed by atoms with E-state index in [1.54, 1.807) is 11.5 Å². The van der Waals surface area contributed by atoms with Crippen LogP contribution in [0.3, 0.4) is 0 Å². The molecule has 1 aliphatic heterocycles. The number of ketones is 2. The van der Waals surface area contributed by atoms with Crippen molar-refractivity contribution in [3.8, 4) is 17.1 Å². The molecule has 1 atom stereocenters. The lowest BCUT2D eigenvalue weighted by Gasteiger charge is -2.39. The number of Topliss-reactive ketones (excluding diaryl/α,β-unsaturated/α-hetero) is 2. The number of aromatic nitrogens is 2. The molecule has 1 aromatic carbocycles. The molecule has 0 amide bonds. The van der Waals surface area contributed by atoms with Crippen LogP contribution in [0.15, 0.2) is 29.1 Å². The van der Waals surface area contributed by atoms with Crippen molar-refractivity contribution in [2.45, 2.75) is 109 Å². The second kappa shape index (κ2) is 12.0. The predicted molar refractivity (Wildman–Crippen MR) is 176 cm³/mol. The van der Waals surface area contributed by atoms with Crippen LogP contribution in [-0.4, -0.2) is 52.6 Å². The first-order chi connectivity index (χ1) is 20.7. The number of aliphatic hydroxyl groups excluding tert-OH is 1. The average molecular weight is 619 g/mol. The zero-order valence-corrected chi connectivity index (χ0v) is 28.0. The number of hydrogen-bond acceptors (Lipinski definition) is 7. The van der Waals surface area contributed by atoms with E-state index < -0.39 is 13.7 Å². The summed E-state index contributed by atoms with van der Waals surface area (Å²) in [6.07, 6.45) is 4.69. The molecule has 3 heterocycles. The van der Waals surface area contributed by atoms with E-state index in [1.807, 2.05) is 18.2 Å². The second-order valence-electron chi connectivity index (χ2n) is 14.0. The summed E-state index contributed by atoms with van der Waals surface area (Å²) in [5, 5.41) is 22.6. The Hall–Kier alpha value is -3.14. The molecule has 0 bridgehead atoms. The molecule has 0 radical (unpaired) electrons. The molecule has 0 saturated carbocycles. The standard InChI is InChI=1S/C35H46N2O6Si/c1-7-35(42)27-19-29-31-26(20-37(29)33(41)24(27)14-16-30(35)40)32(44(5,6)34(2,3)4)25-18-23(13-15-28(25)36-31)43-17-11-9-8-10-12-22(39)21-38/h13,15,18-19,38,42H,7-12,14,16-17,20-21H2,1-6H3/t35-/m0/s1. The third-order valence-corrected chi connectivity index (χ3v) is 15.9. The minimum atomic E-state index is -2.18. The largest absolute Gasteiger partial charge is 0.494 e. The highest BCUT2D eigenvalue weighted by Crippen LogP contribution is 2.43. The van der Waals surface area contributed by atoms with Crippen LogP contribution in [0.4, 0.5) is 0 Å². The lowest BCUT2D eigenvalue weighted by Crippen LogP contribution is -2.51. The van der Waals surface area contributed by atoms with Gasteiger partial charge >= 0.3 is 0 Å². The topological polar surface area (TPSA) is 119 Å². The number of carbonyl (C=O) groups is 2. The first kappa shape index (κ1) is 32.3. The first-order valence-electron chi connectivity index (χ1n) is 16.0. The molecule has 44 heavy (non-hydrogen) atoms. The molecule has 0 spiro atoms. The van der Waals surface area contributed by atoms with E-state index in [2.05, 4.69) is 39.9 Å². The van der Waals surface area contributed by atoms with Gasteiger partial charge in [-0.25, -0.2) is 4.98 Å². The van der Waals surface area contributed by atoms with E-state index in [4.69, 9.17) is 14.8 Å². The van der Waals surface area contributed by atoms with Crippen LogP contribution < -0.4 is 15.5 Å². The number of ether oxygens (including phenoxy) is 1. The van der Waals surface area contributed by atoms with E-state index >= 15 is 0 Å². The predicted octanol–water partition coefficient (Wildman–Crippen LogP) is 5.14. The molecule has 2 aliphatic rings. The fourth-order valence-corrected chi connectivity index (χ4v) is 9.24. The van der Waals surface area contributed by atoms with Gasteiger partial charge in [0.05, 0.1) is 38.1 Å². The van der Waals surface area contributed by atoms with Crippen molar-refractivity contribution in [3.05, 3.63) is 51.3 Å². The summed E-state index contributed by atoms with van der Waals surface area (Å²) in [4.78, 5) is 43.2. The van der Waals surface area contributed by atoms with E-state index in [0.717, 1.165) is 53.6 Å². The van der Waals surface area contributed by atoms with Gasteiger partial charge in [0.1, 0.15) is 18.0 Å². The molecule has 1 aliphatic carbocycles.